The number of carbonyl (C=O) groups excluding carboxylic acids is 1. The number of nitrogens with zero attached hydrogens (tertiary/aromatic N) is 2. The second-order valence-electron chi connectivity index (χ2n) is 6.39. The van der Waals surface area contributed by atoms with Crippen molar-refractivity contribution in [1.29, 1.82) is 0 Å². The number of para-hydroxylation sites is 1. The molecule has 122 valence electrons. The first-order valence-electron chi connectivity index (χ1n) is 7.48. The maximum atomic E-state index is 11.6. The van der Waals surface area contributed by atoms with Crippen LogP contribution in [0.25, 0.3) is 0 Å². The van der Waals surface area contributed by atoms with Gasteiger partial charge in [-0.3, -0.25) is 4.90 Å². The zero-order valence-electron chi connectivity index (χ0n) is 13.4. The summed E-state index contributed by atoms with van der Waals surface area (Å²) in [6.45, 7) is 8.86. The summed E-state index contributed by atoms with van der Waals surface area (Å²) < 4.78 is 5.13. The Kier molecular flexibility index (Phi) is 5.26. The number of carbonyl (C=O) groups is 1. The molecule has 1 fully saturated rings. The maximum Gasteiger partial charge on any atom is 0.528 e. The van der Waals surface area contributed by atoms with Crippen molar-refractivity contribution in [2.45, 2.75) is 32.9 Å². The quantitative estimate of drug-likeness (QED) is 0.865. The van der Waals surface area contributed by atoms with Gasteiger partial charge in [-0.1, -0.05) is 18.2 Å². The van der Waals surface area contributed by atoms with Crippen LogP contribution in [-0.2, 0) is 16.1 Å². The molecule has 0 amide bonds. The van der Waals surface area contributed by atoms with Gasteiger partial charge in [0.15, 0.2) is 0 Å². The minimum absolute atomic E-state index is 0.315. The van der Waals surface area contributed by atoms with Gasteiger partial charge in [0.05, 0.1) is 0 Å². The van der Waals surface area contributed by atoms with Gasteiger partial charge in [0.1, 0.15) is 11.4 Å². The monoisotopic (exact) mass is 308 g/mol. The van der Waals surface area contributed by atoms with E-state index in [2.05, 4.69) is 4.90 Å². The Morgan fingerprint density at radius 1 is 1.18 bits per heavy atom. The number of aromatic hydroxyl groups is 1. The lowest BCUT2D eigenvalue weighted by atomic mass is 10.2. The molecule has 6 heteroatoms. The molecule has 2 rings (SSSR count). The van der Waals surface area contributed by atoms with Gasteiger partial charge in [0.25, 0.3) is 0 Å². The molecular weight excluding hydrogens is 284 g/mol. The summed E-state index contributed by atoms with van der Waals surface area (Å²) in [5.41, 5.74) is 0.355. The van der Waals surface area contributed by atoms with Crippen molar-refractivity contribution in [3.05, 3.63) is 29.8 Å². The lowest BCUT2D eigenvalue weighted by molar-refractivity contribution is -0.158. The number of hydrogen-bond donors (Lipinski definition) is 1. The van der Waals surface area contributed by atoms with E-state index in [0.29, 0.717) is 25.4 Å². The number of phenols is 1. The van der Waals surface area contributed by atoms with Crippen molar-refractivity contribution in [2.24, 2.45) is 0 Å². The molecule has 1 aliphatic rings. The van der Waals surface area contributed by atoms with Crippen LogP contribution >= 0.6 is 0 Å². The van der Waals surface area contributed by atoms with E-state index in [1.54, 1.807) is 31.9 Å². The molecule has 0 aromatic heterocycles. The molecule has 0 atom stereocenters. The highest BCUT2D eigenvalue weighted by atomic mass is 16.8. The fourth-order valence-corrected chi connectivity index (χ4v) is 2.24. The average Bonchev–Trinajstić information content (AvgIpc) is 2.41. The summed E-state index contributed by atoms with van der Waals surface area (Å²) >= 11 is 0. The Balaban J connectivity index is 1.76. The number of ether oxygens (including phenoxy) is 1. The molecule has 0 bridgehead atoms. The summed E-state index contributed by atoms with van der Waals surface area (Å²) in [6.07, 6.45) is -0.665. The molecule has 0 radical (unpaired) electrons. The number of piperazine rings is 1. The van der Waals surface area contributed by atoms with Gasteiger partial charge in [-0.15, -0.1) is 5.06 Å². The Morgan fingerprint density at radius 2 is 1.82 bits per heavy atom. The van der Waals surface area contributed by atoms with Crippen molar-refractivity contribution in [1.82, 2.24) is 9.96 Å². The van der Waals surface area contributed by atoms with Crippen LogP contribution in [0.2, 0.25) is 0 Å². The maximum absolute atomic E-state index is 11.6. The lowest BCUT2D eigenvalue weighted by Gasteiger charge is -2.33. The van der Waals surface area contributed by atoms with Crippen LogP contribution in [-0.4, -0.2) is 53.0 Å². The van der Waals surface area contributed by atoms with E-state index in [0.717, 1.165) is 18.7 Å². The van der Waals surface area contributed by atoms with E-state index in [-0.39, 0.29) is 0 Å². The van der Waals surface area contributed by atoms with Crippen molar-refractivity contribution in [3.63, 3.8) is 0 Å². The fourth-order valence-electron chi connectivity index (χ4n) is 2.24. The molecule has 1 aromatic rings. The summed E-state index contributed by atoms with van der Waals surface area (Å²) in [4.78, 5) is 19.0. The molecule has 1 aliphatic heterocycles. The topological polar surface area (TPSA) is 62.2 Å². The molecular formula is C16H24N2O4. The van der Waals surface area contributed by atoms with Gasteiger partial charge in [0, 0.05) is 38.3 Å². The standard InChI is InChI=1S/C16H24N2O4/c1-16(2,3)21-15(20)22-18-10-8-17(9-11-18)12-13-6-4-5-7-14(13)19/h4-7,19H,8-12H2,1-3H3. The van der Waals surface area contributed by atoms with E-state index in [1.807, 2.05) is 18.2 Å². The molecule has 1 N–H and O–H groups in total. The Morgan fingerprint density at radius 3 is 2.41 bits per heavy atom. The number of hydrogen-bond acceptors (Lipinski definition) is 6. The van der Waals surface area contributed by atoms with E-state index < -0.39 is 11.8 Å². The zero-order chi connectivity index (χ0) is 16.2. The molecule has 6 nitrogen and oxygen atoms in total. The second-order valence-corrected chi connectivity index (χ2v) is 6.39. The minimum atomic E-state index is -0.665. The van der Waals surface area contributed by atoms with Crippen LogP contribution < -0.4 is 0 Å². The number of benzene rings is 1. The minimum Gasteiger partial charge on any atom is -0.508 e. The number of hydroxylamine groups is 2. The first-order valence-corrected chi connectivity index (χ1v) is 7.48. The average molecular weight is 308 g/mol. The molecule has 1 heterocycles. The summed E-state index contributed by atoms with van der Waals surface area (Å²) in [7, 11) is 0. The van der Waals surface area contributed by atoms with E-state index in [1.165, 1.54) is 0 Å². The third kappa shape index (κ3) is 5.20. The molecule has 0 aliphatic carbocycles. The van der Waals surface area contributed by atoms with Gasteiger partial charge < -0.3 is 14.7 Å². The normalized spacial score (nSPS) is 17.2. The molecule has 0 unspecified atom stereocenters. The van der Waals surface area contributed by atoms with Crippen molar-refractivity contribution < 1.29 is 19.5 Å². The molecule has 0 saturated carbocycles. The SMILES string of the molecule is CC(C)(C)OC(=O)ON1CCN(Cc2ccccc2O)CC1. The van der Waals surface area contributed by atoms with Crippen LogP contribution in [0.15, 0.2) is 24.3 Å². The van der Waals surface area contributed by atoms with E-state index in [9.17, 15) is 9.90 Å². The van der Waals surface area contributed by atoms with Gasteiger partial charge >= 0.3 is 6.16 Å². The van der Waals surface area contributed by atoms with E-state index in [4.69, 9.17) is 9.57 Å². The van der Waals surface area contributed by atoms with Gasteiger partial charge in [0.2, 0.25) is 0 Å². The molecule has 0 spiro atoms. The van der Waals surface area contributed by atoms with Crippen LogP contribution in [0.3, 0.4) is 0 Å². The van der Waals surface area contributed by atoms with Crippen LogP contribution in [0.4, 0.5) is 4.79 Å². The largest absolute Gasteiger partial charge is 0.528 e. The third-order valence-corrected chi connectivity index (χ3v) is 3.31. The second kappa shape index (κ2) is 6.98. The highest BCUT2D eigenvalue weighted by Crippen LogP contribution is 2.18. The van der Waals surface area contributed by atoms with Crippen molar-refractivity contribution in [3.8, 4) is 5.75 Å². The highest BCUT2D eigenvalue weighted by molar-refractivity contribution is 5.60. The van der Waals surface area contributed by atoms with Gasteiger partial charge in [-0.25, -0.2) is 4.79 Å². The number of phenolic OH excluding ortho intramolecular Hbond substituents is 1. The summed E-state index contributed by atoms with van der Waals surface area (Å²) in [6, 6.07) is 7.33. The van der Waals surface area contributed by atoms with Gasteiger partial charge in [-0.2, -0.15) is 0 Å². The molecule has 1 aromatic carbocycles. The smallest absolute Gasteiger partial charge is 0.508 e. The summed E-state index contributed by atoms with van der Waals surface area (Å²) in [5.74, 6) is 0.315. The van der Waals surface area contributed by atoms with Crippen LogP contribution in [0.5, 0.6) is 5.75 Å². The fraction of sp³-hybridized carbons (Fsp3) is 0.562. The van der Waals surface area contributed by atoms with Crippen LogP contribution in [0.1, 0.15) is 26.3 Å². The highest BCUT2D eigenvalue weighted by Gasteiger charge is 2.24. The van der Waals surface area contributed by atoms with Gasteiger partial charge in [-0.05, 0) is 26.8 Å². The Hall–Kier alpha value is -1.79. The first-order chi connectivity index (χ1) is 10.3. The molecule has 22 heavy (non-hydrogen) atoms. The predicted molar refractivity (Wildman–Crippen MR) is 82.3 cm³/mol. The van der Waals surface area contributed by atoms with Crippen molar-refractivity contribution >= 4 is 6.16 Å². The first kappa shape index (κ1) is 16.6. The number of rotatable bonds is 3. The lowest BCUT2D eigenvalue weighted by Crippen LogP contribution is -2.47. The zero-order valence-corrected chi connectivity index (χ0v) is 13.4. The summed E-state index contributed by atoms with van der Waals surface area (Å²) in [5, 5.41) is 11.4. The predicted octanol–water partition coefficient (Wildman–Crippen LogP) is 2.38. The third-order valence-electron chi connectivity index (χ3n) is 3.31. The van der Waals surface area contributed by atoms with E-state index >= 15 is 0 Å². The van der Waals surface area contributed by atoms with Crippen molar-refractivity contribution in [2.75, 3.05) is 26.2 Å². The Bertz CT molecular complexity index is 505. The van der Waals surface area contributed by atoms with Crippen LogP contribution in [0, 0.1) is 0 Å². The Labute approximate surface area is 131 Å². The molecule has 1 saturated heterocycles.